The van der Waals surface area contributed by atoms with E-state index < -0.39 is 29.6 Å². The van der Waals surface area contributed by atoms with Crippen molar-refractivity contribution in [3.05, 3.63) is 41.4 Å². The molecule has 3 saturated heterocycles. The first-order chi connectivity index (χ1) is 18.5. The van der Waals surface area contributed by atoms with Gasteiger partial charge in [-0.3, -0.25) is 14.4 Å². The minimum absolute atomic E-state index is 0.125. The van der Waals surface area contributed by atoms with Crippen LogP contribution in [0.1, 0.15) is 51.4 Å². The summed E-state index contributed by atoms with van der Waals surface area (Å²) >= 11 is 6.00. The van der Waals surface area contributed by atoms with Crippen molar-refractivity contribution < 1.29 is 19.1 Å². The average Bonchev–Trinajstić information content (AvgIpc) is 3.69. The second-order valence-electron chi connectivity index (χ2n) is 11.5. The van der Waals surface area contributed by atoms with Gasteiger partial charge in [-0.15, -0.1) is 0 Å². The van der Waals surface area contributed by atoms with Crippen molar-refractivity contribution in [1.82, 2.24) is 15.1 Å². The predicted molar refractivity (Wildman–Crippen MR) is 145 cm³/mol. The molecule has 38 heavy (non-hydrogen) atoms. The summed E-state index contributed by atoms with van der Waals surface area (Å²) in [6.45, 7) is 3.56. The smallest absolute Gasteiger partial charge is 0.246 e. The lowest BCUT2D eigenvalue weighted by Crippen LogP contribution is -2.56. The van der Waals surface area contributed by atoms with E-state index in [0.29, 0.717) is 17.3 Å². The van der Waals surface area contributed by atoms with Crippen LogP contribution in [-0.4, -0.2) is 77.5 Å². The van der Waals surface area contributed by atoms with Gasteiger partial charge in [0.05, 0.1) is 17.9 Å². The van der Waals surface area contributed by atoms with Gasteiger partial charge in [-0.1, -0.05) is 43.0 Å². The Balaban J connectivity index is 1.24. The number of rotatable bonds is 8. The second kappa shape index (κ2) is 10.6. The van der Waals surface area contributed by atoms with Crippen LogP contribution in [0.3, 0.4) is 0 Å². The van der Waals surface area contributed by atoms with Crippen LogP contribution in [-0.2, 0) is 19.1 Å². The summed E-state index contributed by atoms with van der Waals surface area (Å²) in [7, 11) is 0. The Bertz CT molecular complexity index is 1100. The molecule has 2 N–H and O–H groups in total. The van der Waals surface area contributed by atoms with Gasteiger partial charge >= 0.3 is 0 Å². The minimum atomic E-state index is -1.11. The van der Waals surface area contributed by atoms with E-state index in [1.165, 1.54) is 19.3 Å². The molecule has 1 spiro atoms. The zero-order valence-corrected chi connectivity index (χ0v) is 22.5. The minimum Gasteiger partial charge on any atom is -0.359 e. The van der Waals surface area contributed by atoms with E-state index in [4.69, 9.17) is 16.3 Å². The lowest BCUT2D eigenvalue weighted by Gasteiger charge is -2.34. The first-order valence-electron chi connectivity index (χ1n) is 14.2. The van der Waals surface area contributed by atoms with Crippen molar-refractivity contribution >= 4 is 35.0 Å². The Morgan fingerprint density at radius 1 is 1.00 bits per heavy atom. The summed E-state index contributed by atoms with van der Waals surface area (Å²) in [6, 6.07) is 6.26. The molecule has 5 atom stereocenters. The number of halogens is 1. The molecular weight excluding hydrogens is 504 g/mol. The molecule has 2 bridgehead atoms. The topological polar surface area (TPSA) is 91.0 Å². The molecule has 4 aliphatic heterocycles. The molecular formula is C29H37ClN4O4. The van der Waals surface area contributed by atoms with Gasteiger partial charge in [-0.2, -0.15) is 0 Å². The van der Waals surface area contributed by atoms with Gasteiger partial charge < -0.3 is 25.2 Å². The fourth-order valence-electron chi connectivity index (χ4n) is 7.26. The SMILES string of the molecule is O=C(Nc1ccc(Cl)cc1)C1C2C=CC3(O2)C1C(=O)N(CCCN1CCCC1)C3C(=O)NC1CCCCC1. The van der Waals surface area contributed by atoms with Gasteiger partial charge in [0.2, 0.25) is 17.7 Å². The molecule has 0 aromatic heterocycles. The van der Waals surface area contributed by atoms with Crippen LogP contribution in [0.25, 0.3) is 0 Å². The number of nitrogens with one attached hydrogen (secondary N) is 2. The number of carbonyl (C=O) groups excluding carboxylic acids is 3. The summed E-state index contributed by atoms with van der Waals surface area (Å²) < 4.78 is 6.45. The van der Waals surface area contributed by atoms with Crippen molar-refractivity contribution in [3.8, 4) is 0 Å². The number of hydrogen-bond acceptors (Lipinski definition) is 5. The van der Waals surface area contributed by atoms with Gasteiger partial charge in [0.15, 0.2) is 0 Å². The number of amides is 3. The molecule has 1 aromatic rings. The fraction of sp³-hybridized carbons (Fsp3) is 0.621. The molecule has 5 aliphatic rings. The molecule has 0 radical (unpaired) electrons. The van der Waals surface area contributed by atoms with Crippen molar-refractivity contribution in [2.45, 2.75) is 75.2 Å². The van der Waals surface area contributed by atoms with E-state index in [1.54, 1.807) is 29.2 Å². The van der Waals surface area contributed by atoms with Crippen LogP contribution in [0.4, 0.5) is 5.69 Å². The van der Waals surface area contributed by atoms with Crippen LogP contribution >= 0.6 is 11.6 Å². The third-order valence-corrected chi connectivity index (χ3v) is 9.31. The standard InChI is InChI=1S/C29H37ClN4O4/c30-19-9-11-21(12-10-19)31-26(35)23-22-13-14-29(38-22)24(23)28(37)34(18-6-17-33-15-4-5-16-33)25(29)27(36)32-20-7-2-1-3-8-20/h9-14,20,22-25H,1-8,15-18H2,(H,31,35)(H,32,36). The third kappa shape index (κ3) is 4.65. The number of nitrogens with zero attached hydrogens (tertiary/aromatic N) is 2. The van der Waals surface area contributed by atoms with Gasteiger partial charge in [-0.05, 0) is 76.0 Å². The largest absolute Gasteiger partial charge is 0.359 e. The molecule has 3 amide bonds. The Morgan fingerprint density at radius 3 is 2.47 bits per heavy atom. The van der Waals surface area contributed by atoms with E-state index in [0.717, 1.165) is 51.7 Å². The fourth-order valence-corrected chi connectivity index (χ4v) is 7.39. The zero-order chi connectivity index (χ0) is 26.3. The predicted octanol–water partition coefficient (Wildman–Crippen LogP) is 3.36. The summed E-state index contributed by atoms with van der Waals surface area (Å²) in [6.07, 6.45) is 11.8. The van der Waals surface area contributed by atoms with E-state index in [9.17, 15) is 14.4 Å². The highest BCUT2D eigenvalue weighted by atomic mass is 35.5. The number of fused-ring (bicyclic) bond motifs is 1. The maximum Gasteiger partial charge on any atom is 0.246 e. The molecule has 9 heteroatoms. The summed E-state index contributed by atoms with van der Waals surface area (Å²) in [5.74, 6) is -2.00. The molecule has 6 rings (SSSR count). The highest BCUT2D eigenvalue weighted by Gasteiger charge is 2.72. The maximum absolute atomic E-state index is 14.0. The molecule has 1 aliphatic carbocycles. The monoisotopic (exact) mass is 540 g/mol. The van der Waals surface area contributed by atoms with Crippen molar-refractivity contribution in [2.24, 2.45) is 11.8 Å². The maximum atomic E-state index is 14.0. The molecule has 4 heterocycles. The third-order valence-electron chi connectivity index (χ3n) is 9.06. The second-order valence-corrected chi connectivity index (χ2v) is 11.9. The first kappa shape index (κ1) is 25.8. The summed E-state index contributed by atoms with van der Waals surface area (Å²) in [5.41, 5.74) is -0.504. The number of ether oxygens (including phenoxy) is 1. The molecule has 1 saturated carbocycles. The molecule has 4 fully saturated rings. The Hall–Kier alpha value is -2.42. The summed E-state index contributed by atoms with van der Waals surface area (Å²) in [5, 5.41) is 6.77. The molecule has 1 aromatic carbocycles. The Kier molecular flexibility index (Phi) is 7.22. The molecule has 8 nitrogen and oxygen atoms in total. The number of benzene rings is 1. The lowest BCUT2D eigenvalue weighted by atomic mass is 9.74. The van der Waals surface area contributed by atoms with Gasteiger partial charge in [0.1, 0.15) is 11.6 Å². The van der Waals surface area contributed by atoms with E-state index in [-0.39, 0.29) is 23.8 Å². The van der Waals surface area contributed by atoms with Crippen LogP contribution in [0.2, 0.25) is 5.02 Å². The highest BCUT2D eigenvalue weighted by Crippen LogP contribution is 2.55. The van der Waals surface area contributed by atoms with Crippen molar-refractivity contribution in [3.63, 3.8) is 0 Å². The van der Waals surface area contributed by atoms with Gasteiger partial charge in [-0.25, -0.2) is 0 Å². The number of anilines is 1. The van der Waals surface area contributed by atoms with Gasteiger partial charge in [0.25, 0.3) is 0 Å². The van der Waals surface area contributed by atoms with Crippen molar-refractivity contribution in [1.29, 1.82) is 0 Å². The average molecular weight is 541 g/mol. The van der Waals surface area contributed by atoms with Crippen molar-refractivity contribution in [2.75, 3.05) is 31.5 Å². The molecule has 204 valence electrons. The number of carbonyl (C=O) groups is 3. The Morgan fingerprint density at radius 2 is 1.74 bits per heavy atom. The van der Waals surface area contributed by atoms with E-state index >= 15 is 0 Å². The Labute approximate surface area is 229 Å². The van der Waals surface area contributed by atoms with Crippen LogP contribution < -0.4 is 10.6 Å². The first-order valence-corrected chi connectivity index (χ1v) is 14.6. The van der Waals surface area contributed by atoms with Gasteiger partial charge in [0, 0.05) is 23.3 Å². The van der Waals surface area contributed by atoms with Crippen LogP contribution in [0.5, 0.6) is 0 Å². The quantitative estimate of drug-likeness (QED) is 0.493. The highest BCUT2D eigenvalue weighted by molar-refractivity contribution is 6.30. The van der Waals surface area contributed by atoms with E-state index in [2.05, 4.69) is 15.5 Å². The lowest BCUT2D eigenvalue weighted by molar-refractivity contribution is -0.141. The number of likely N-dealkylation sites (tertiary alicyclic amines) is 2. The normalized spacial score (nSPS) is 32.7. The number of hydrogen-bond donors (Lipinski definition) is 2. The van der Waals surface area contributed by atoms with E-state index in [1.807, 2.05) is 12.2 Å². The van der Waals surface area contributed by atoms with Crippen LogP contribution in [0.15, 0.2) is 36.4 Å². The zero-order valence-electron chi connectivity index (χ0n) is 21.7. The molecule has 5 unspecified atom stereocenters. The summed E-state index contributed by atoms with van der Waals surface area (Å²) in [4.78, 5) is 45.6. The van der Waals surface area contributed by atoms with Crippen LogP contribution in [0, 0.1) is 11.8 Å².